The minimum atomic E-state index is 0.0436. The maximum atomic E-state index is 12.5. The number of methoxy groups -OCH3 is 1. The average Bonchev–Trinajstić information content (AvgIpc) is 3.39. The highest BCUT2D eigenvalue weighted by molar-refractivity contribution is 9.10. The van der Waals surface area contributed by atoms with Gasteiger partial charge in [0.25, 0.3) is 0 Å². The number of benzene rings is 2. The molecule has 0 unspecified atom stereocenters. The van der Waals surface area contributed by atoms with Crippen LogP contribution >= 0.6 is 15.9 Å². The Morgan fingerprint density at radius 3 is 2.73 bits per heavy atom. The predicted octanol–water partition coefficient (Wildman–Crippen LogP) is 5.31. The predicted molar refractivity (Wildman–Crippen MR) is 121 cm³/mol. The molecule has 5 nitrogen and oxygen atoms in total. The SMILES string of the molecule is COc1cc(/C=N\NC(=O)[C@@H]2[C@H]3CCCC[C@]32C)ccc1OCc1ccc(Br)cc1. The number of carbonyl (C=O) groups excluding carboxylic acids is 1. The largest absolute Gasteiger partial charge is 0.493 e. The molecule has 0 heterocycles. The fraction of sp³-hybridized carbons (Fsp3) is 0.417. The number of ether oxygens (including phenoxy) is 2. The normalized spacial score (nSPS) is 24.9. The van der Waals surface area contributed by atoms with Crippen LogP contribution in [-0.2, 0) is 11.4 Å². The molecule has 1 N–H and O–H groups in total. The summed E-state index contributed by atoms with van der Waals surface area (Å²) in [5.41, 5.74) is 4.83. The first kappa shape index (κ1) is 20.9. The fourth-order valence-electron chi connectivity index (χ4n) is 4.72. The molecule has 0 aliphatic heterocycles. The van der Waals surface area contributed by atoms with Crippen molar-refractivity contribution in [2.75, 3.05) is 7.11 Å². The van der Waals surface area contributed by atoms with Gasteiger partial charge in [0, 0.05) is 10.4 Å². The standard InChI is InChI=1S/C24H27BrN2O3/c1-24-12-4-3-5-19(24)22(24)23(28)27-26-14-17-8-11-20(21(13-17)29-2)30-15-16-6-9-18(25)10-7-16/h6-11,13-14,19,22H,3-5,12,15H2,1-2H3,(H,27,28)/b26-14-/t19-,22+,24-/m1/s1. The van der Waals surface area contributed by atoms with Gasteiger partial charge in [-0.3, -0.25) is 4.79 Å². The number of nitrogens with one attached hydrogen (secondary N) is 1. The van der Waals surface area contributed by atoms with Crippen molar-refractivity contribution < 1.29 is 14.3 Å². The third kappa shape index (κ3) is 4.38. The Morgan fingerprint density at radius 2 is 2.03 bits per heavy atom. The average molecular weight is 471 g/mol. The van der Waals surface area contributed by atoms with Gasteiger partial charge in [-0.1, -0.05) is 47.8 Å². The van der Waals surface area contributed by atoms with Crippen LogP contribution in [0.25, 0.3) is 0 Å². The molecule has 1 amide bonds. The third-order valence-corrected chi connectivity index (χ3v) is 7.03. The molecule has 2 saturated carbocycles. The molecule has 158 valence electrons. The maximum Gasteiger partial charge on any atom is 0.244 e. The lowest BCUT2D eigenvalue weighted by atomic mass is 9.90. The summed E-state index contributed by atoms with van der Waals surface area (Å²) in [6, 6.07) is 13.6. The van der Waals surface area contributed by atoms with Crippen molar-refractivity contribution in [3.05, 3.63) is 58.1 Å². The van der Waals surface area contributed by atoms with Crippen LogP contribution in [0.15, 0.2) is 52.0 Å². The molecule has 3 atom stereocenters. The molecule has 0 bridgehead atoms. The summed E-state index contributed by atoms with van der Waals surface area (Å²) in [5, 5.41) is 4.17. The van der Waals surface area contributed by atoms with Crippen molar-refractivity contribution in [1.29, 1.82) is 0 Å². The monoisotopic (exact) mass is 470 g/mol. The van der Waals surface area contributed by atoms with E-state index in [-0.39, 0.29) is 17.2 Å². The van der Waals surface area contributed by atoms with Gasteiger partial charge in [-0.25, -0.2) is 5.43 Å². The van der Waals surface area contributed by atoms with E-state index in [9.17, 15) is 4.79 Å². The van der Waals surface area contributed by atoms with Crippen molar-refractivity contribution >= 4 is 28.1 Å². The van der Waals surface area contributed by atoms with Crippen molar-refractivity contribution in [2.24, 2.45) is 22.4 Å². The van der Waals surface area contributed by atoms with Gasteiger partial charge in [-0.2, -0.15) is 5.10 Å². The zero-order valence-electron chi connectivity index (χ0n) is 17.4. The van der Waals surface area contributed by atoms with Crippen LogP contribution in [0.3, 0.4) is 0 Å². The molecule has 2 aliphatic rings. The highest BCUT2D eigenvalue weighted by Crippen LogP contribution is 2.66. The smallest absolute Gasteiger partial charge is 0.244 e. The molecule has 0 aromatic heterocycles. The van der Waals surface area contributed by atoms with Crippen molar-refractivity contribution in [2.45, 2.75) is 39.2 Å². The van der Waals surface area contributed by atoms with Gasteiger partial charge in [-0.15, -0.1) is 0 Å². The number of amides is 1. The highest BCUT2D eigenvalue weighted by atomic mass is 79.9. The zero-order valence-corrected chi connectivity index (χ0v) is 18.9. The molecule has 6 heteroatoms. The number of carbonyl (C=O) groups is 1. The Balaban J connectivity index is 1.34. The van der Waals surface area contributed by atoms with E-state index in [0.717, 1.165) is 28.4 Å². The van der Waals surface area contributed by atoms with Crippen LogP contribution in [-0.4, -0.2) is 19.2 Å². The van der Waals surface area contributed by atoms with Gasteiger partial charge in [0.15, 0.2) is 11.5 Å². The van der Waals surface area contributed by atoms with E-state index in [2.05, 4.69) is 33.4 Å². The lowest BCUT2D eigenvalue weighted by Gasteiger charge is -2.15. The van der Waals surface area contributed by atoms with Crippen LogP contribution in [0.4, 0.5) is 0 Å². The van der Waals surface area contributed by atoms with Gasteiger partial charge < -0.3 is 9.47 Å². The Bertz CT molecular complexity index is 944. The van der Waals surface area contributed by atoms with Gasteiger partial charge in [0.05, 0.1) is 13.3 Å². The molecule has 30 heavy (non-hydrogen) atoms. The molecule has 4 rings (SSSR count). The number of halogens is 1. The maximum absolute atomic E-state index is 12.5. The summed E-state index contributed by atoms with van der Waals surface area (Å²) in [6.07, 6.45) is 6.43. The molecule has 2 aromatic carbocycles. The first-order valence-electron chi connectivity index (χ1n) is 10.4. The Kier molecular flexibility index (Phi) is 6.14. The molecule has 0 radical (unpaired) electrons. The van der Waals surface area contributed by atoms with E-state index in [1.54, 1.807) is 13.3 Å². The van der Waals surface area contributed by atoms with Crippen LogP contribution in [0.5, 0.6) is 11.5 Å². The van der Waals surface area contributed by atoms with E-state index in [0.29, 0.717) is 24.0 Å². The zero-order chi connectivity index (χ0) is 21.1. The van der Waals surface area contributed by atoms with E-state index < -0.39 is 0 Å². The van der Waals surface area contributed by atoms with Crippen molar-refractivity contribution in [3.8, 4) is 11.5 Å². The molecule has 2 fully saturated rings. The van der Waals surface area contributed by atoms with Crippen LogP contribution in [0.2, 0.25) is 0 Å². The third-order valence-electron chi connectivity index (χ3n) is 6.50. The second-order valence-corrected chi connectivity index (χ2v) is 9.31. The van der Waals surface area contributed by atoms with Crippen LogP contribution in [0.1, 0.15) is 43.7 Å². The fourth-order valence-corrected chi connectivity index (χ4v) is 4.98. The second-order valence-electron chi connectivity index (χ2n) is 8.40. The number of rotatable bonds is 7. The number of fused-ring (bicyclic) bond motifs is 1. The topological polar surface area (TPSA) is 59.9 Å². The molecule has 2 aromatic rings. The molecule has 0 spiro atoms. The Labute approximate surface area is 186 Å². The van der Waals surface area contributed by atoms with E-state index in [1.807, 2.05) is 42.5 Å². The summed E-state index contributed by atoms with van der Waals surface area (Å²) in [4.78, 5) is 12.5. The Hall–Kier alpha value is -2.34. The summed E-state index contributed by atoms with van der Waals surface area (Å²) in [5.74, 6) is 1.98. The highest BCUT2D eigenvalue weighted by Gasteiger charge is 2.64. The summed E-state index contributed by atoms with van der Waals surface area (Å²) in [7, 11) is 1.61. The first-order chi connectivity index (χ1) is 14.5. The van der Waals surface area contributed by atoms with Crippen LogP contribution < -0.4 is 14.9 Å². The molecular weight excluding hydrogens is 444 g/mol. The lowest BCUT2D eigenvalue weighted by molar-refractivity contribution is -0.123. The Morgan fingerprint density at radius 1 is 1.23 bits per heavy atom. The van der Waals surface area contributed by atoms with E-state index >= 15 is 0 Å². The molecule has 2 aliphatic carbocycles. The molecule has 0 saturated heterocycles. The number of hydrazone groups is 1. The van der Waals surface area contributed by atoms with Gasteiger partial charge in [-0.05, 0) is 65.6 Å². The number of nitrogens with zero attached hydrogens (tertiary/aromatic N) is 1. The molecular formula is C24H27BrN2O3. The number of hydrogen-bond acceptors (Lipinski definition) is 4. The van der Waals surface area contributed by atoms with Crippen molar-refractivity contribution in [1.82, 2.24) is 5.43 Å². The van der Waals surface area contributed by atoms with Crippen LogP contribution in [0, 0.1) is 17.3 Å². The first-order valence-corrected chi connectivity index (χ1v) is 11.2. The summed E-state index contributed by atoms with van der Waals surface area (Å²) < 4.78 is 12.4. The van der Waals surface area contributed by atoms with Crippen molar-refractivity contribution in [3.63, 3.8) is 0 Å². The van der Waals surface area contributed by atoms with E-state index in [1.165, 1.54) is 12.8 Å². The van der Waals surface area contributed by atoms with Gasteiger partial charge in [0.1, 0.15) is 6.61 Å². The number of hydrogen-bond donors (Lipinski definition) is 1. The van der Waals surface area contributed by atoms with Gasteiger partial charge in [0.2, 0.25) is 5.91 Å². The quantitative estimate of drug-likeness (QED) is 0.440. The summed E-state index contributed by atoms with van der Waals surface area (Å²) >= 11 is 3.43. The summed E-state index contributed by atoms with van der Waals surface area (Å²) in [6.45, 7) is 2.69. The second kappa shape index (κ2) is 8.80. The van der Waals surface area contributed by atoms with Gasteiger partial charge >= 0.3 is 0 Å². The minimum Gasteiger partial charge on any atom is -0.493 e. The minimum absolute atomic E-state index is 0.0436. The lowest BCUT2D eigenvalue weighted by Crippen LogP contribution is -2.22. The van der Waals surface area contributed by atoms with E-state index in [4.69, 9.17) is 9.47 Å².